The van der Waals surface area contributed by atoms with Gasteiger partial charge in [-0.25, -0.2) is 9.18 Å². The van der Waals surface area contributed by atoms with Crippen molar-refractivity contribution < 1.29 is 14.0 Å². The molecule has 3 amide bonds. The molecule has 2 aliphatic heterocycles. The van der Waals surface area contributed by atoms with E-state index >= 15 is 0 Å². The fourth-order valence-corrected chi connectivity index (χ4v) is 6.30. The maximum Gasteiger partial charge on any atom is 0.322 e. The number of hydrogen-bond acceptors (Lipinski definition) is 4. The summed E-state index contributed by atoms with van der Waals surface area (Å²) >= 11 is 1.75. The third kappa shape index (κ3) is 5.70. The Hall–Kier alpha value is -3.23. The summed E-state index contributed by atoms with van der Waals surface area (Å²) in [7, 11) is 0. The molecule has 37 heavy (non-hydrogen) atoms. The molecule has 2 atom stereocenters. The fraction of sp³-hybridized carbons (Fsp3) is 0.379. The SMILES string of the molecule is Cc1ccc(NC(=O)N2CCN(C(=O)CCN3CCc4sccc4[C@@H]3c3cccc(F)c3)C[C@@H]2C)cc1. The lowest BCUT2D eigenvalue weighted by molar-refractivity contribution is -0.134. The number of anilines is 1. The highest BCUT2D eigenvalue weighted by Gasteiger charge is 2.32. The van der Waals surface area contributed by atoms with Gasteiger partial charge in [-0.2, -0.15) is 0 Å². The Balaban J connectivity index is 1.18. The van der Waals surface area contributed by atoms with E-state index < -0.39 is 0 Å². The largest absolute Gasteiger partial charge is 0.339 e. The molecule has 3 heterocycles. The lowest BCUT2D eigenvalue weighted by atomic mass is 9.93. The van der Waals surface area contributed by atoms with Crippen LogP contribution in [0.3, 0.4) is 0 Å². The molecule has 1 aromatic heterocycles. The predicted octanol–water partition coefficient (Wildman–Crippen LogP) is 5.30. The van der Waals surface area contributed by atoms with Crippen molar-refractivity contribution in [1.29, 1.82) is 0 Å². The lowest BCUT2D eigenvalue weighted by Crippen LogP contribution is -2.56. The molecule has 1 N–H and O–H groups in total. The summed E-state index contributed by atoms with van der Waals surface area (Å²) in [5.41, 5.74) is 4.05. The smallest absolute Gasteiger partial charge is 0.322 e. The number of piperazine rings is 1. The Morgan fingerprint density at radius 2 is 1.89 bits per heavy atom. The molecule has 5 rings (SSSR count). The molecule has 0 spiro atoms. The molecule has 8 heteroatoms. The van der Waals surface area contributed by atoms with Gasteiger partial charge >= 0.3 is 6.03 Å². The van der Waals surface area contributed by atoms with E-state index in [4.69, 9.17) is 0 Å². The van der Waals surface area contributed by atoms with Crippen LogP contribution in [0.1, 0.15) is 41.0 Å². The highest BCUT2D eigenvalue weighted by molar-refractivity contribution is 7.10. The first-order chi connectivity index (χ1) is 17.9. The van der Waals surface area contributed by atoms with Gasteiger partial charge in [0, 0.05) is 55.8 Å². The molecule has 3 aromatic rings. The maximum absolute atomic E-state index is 14.1. The lowest BCUT2D eigenvalue weighted by Gasteiger charge is -2.40. The van der Waals surface area contributed by atoms with Crippen molar-refractivity contribution in [1.82, 2.24) is 14.7 Å². The Bertz CT molecular complexity index is 1260. The van der Waals surface area contributed by atoms with E-state index in [0.29, 0.717) is 32.6 Å². The van der Waals surface area contributed by atoms with Crippen LogP contribution < -0.4 is 5.32 Å². The van der Waals surface area contributed by atoms with Gasteiger partial charge in [-0.3, -0.25) is 9.69 Å². The predicted molar refractivity (Wildman–Crippen MR) is 145 cm³/mol. The third-order valence-electron chi connectivity index (χ3n) is 7.39. The van der Waals surface area contributed by atoms with Crippen LogP contribution in [-0.2, 0) is 11.2 Å². The van der Waals surface area contributed by atoms with Crippen molar-refractivity contribution in [3.05, 3.63) is 87.4 Å². The number of nitrogens with zero attached hydrogens (tertiary/aromatic N) is 3. The van der Waals surface area contributed by atoms with Crippen molar-refractivity contribution in [3.63, 3.8) is 0 Å². The van der Waals surface area contributed by atoms with Gasteiger partial charge in [0.25, 0.3) is 0 Å². The zero-order chi connectivity index (χ0) is 25.9. The van der Waals surface area contributed by atoms with E-state index in [1.807, 2.05) is 49.1 Å². The normalized spacial score (nSPS) is 20.0. The van der Waals surface area contributed by atoms with E-state index in [9.17, 15) is 14.0 Å². The molecular weight excluding hydrogens is 487 g/mol. The van der Waals surface area contributed by atoms with E-state index in [1.54, 1.807) is 28.4 Å². The van der Waals surface area contributed by atoms with Crippen LogP contribution in [0.2, 0.25) is 0 Å². The molecule has 2 aliphatic rings. The minimum Gasteiger partial charge on any atom is -0.339 e. The minimum atomic E-state index is -0.242. The fourth-order valence-electron chi connectivity index (χ4n) is 5.39. The number of rotatable bonds is 5. The summed E-state index contributed by atoms with van der Waals surface area (Å²) in [6.45, 7) is 6.98. The summed E-state index contributed by atoms with van der Waals surface area (Å²) in [5, 5.41) is 5.06. The molecule has 6 nitrogen and oxygen atoms in total. The minimum absolute atomic E-state index is 0.0419. The highest BCUT2D eigenvalue weighted by atomic mass is 32.1. The number of benzene rings is 2. The monoisotopic (exact) mass is 520 g/mol. The first-order valence-corrected chi connectivity index (χ1v) is 13.7. The van der Waals surface area contributed by atoms with Crippen molar-refractivity contribution in [2.24, 2.45) is 0 Å². The molecule has 1 fully saturated rings. The Kier molecular flexibility index (Phi) is 7.58. The first kappa shape index (κ1) is 25.4. The van der Waals surface area contributed by atoms with Gasteiger partial charge in [-0.05, 0) is 67.1 Å². The van der Waals surface area contributed by atoms with Gasteiger partial charge in [0.1, 0.15) is 5.82 Å². The molecule has 0 aliphatic carbocycles. The van der Waals surface area contributed by atoms with Crippen molar-refractivity contribution in [3.8, 4) is 0 Å². The van der Waals surface area contributed by atoms with Crippen molar-refractivity contribution in [2.75, 3.05) is 38.0 Å². The average molecular weight is 521 g/mol. The number of thiophene rings is 1. The van der Waals surface area contributed by atoms with Crippen LogP contribution >= 0.6 is 11.3 Å². The average Bonchev–Trinajstić information content (AvgIpc) is 3.37. The zero-order valence-corrected chi connectivity index (χ0v) is 22.1. The van der Waals surface area contributed by atoms with E-state index in [1.165, 1.54) is 16.5 Å². The van der Waals surface area contributed by atoms with Crippen molar-refractivity contribution in [2.45, 2.75) is 38.8 Å². The second kappa shape index (κ2) is 11.0. The summed E-state index contributed by atoms with van der Waals surface area (Å²) in [6.07, 6.45) is 1.34. The van der Waals surface area contributed by atoms with Gasteiger partial charge in [0.2, 0.25) is 5.91 Å². The number of urea groups is 1. The number of fused-ring (bicyclic) bond motifs is 1. The standard InChI is InChI=1S/C29H33FN4O2S/c1-20-6-8-24(9-7-20)31-29(36)34-16-15-33(19-21(34)2)27(35)11-14-32-13-10-26-25(12-17-37-26)28(32)22-4-3-5-23(30)18-22/h3-9,12,17-18,21,28H,10-11,13-16,19H2,1-2H3,(H,31,36)/t21-,28-/m0/s1. The topological polar surface area (TPSA) is 55.9 Å². The second-order valence-electron chi connectivity index (χ2n) is 9.97. The number of hydrogen-bond donors (Lipinski definition) is 1. The third-order valence-corrected chi connectivity index (χ3v) is 8.38. The van der Waals surface area contributed by atoms with Crippen LogP contribution in [0.15, 0.2) is 60.0 Å². The maximum atomic E-state index is 14.1. The van der Waals surface area contributed by atoms with Crippen LogP contribution in [0.5, 0.6) is 0 Å². The number of halogens is 1. The number of carbonyl (C=O) groups is 2. The van der Waals surface area contributed by atoms with Crippen molar-refractivity contribution >= 4 is 29.0 Å². The second-order valence-corrected chi connectivity index (χ2v) is 11.0. The quantitative estimate of drug-likeness (QED) is 0.497. The molecule has 194 valence electrons. The summed E-state index contributed by atoms with van der Waals surface area (Å²) < 4.78 is 14.1. The van der Waals surface area contributed by atoms with Crippen LogP contribution in [0.4, 0.5) is 14.9 Å². The number of amides is 3. The van der Waals surface area contributed by atoms with Crippen LogP contribution in [0.25, 0.3) is 0 Å². The summed E-state index contributed by atoms with van der Waals surface area (Å²) in [6, 6.07) is 16.4. The van der Waals surface area contributed by atoms with Gasteiger partial charge < -0.3 is 15.1 Å². The number of carbonyl (C=O) groups excluding carboxylic acids is 2. The van der Waals surface area contributed by atoms with Gasteiger partial charge in [-0.15, -0.1) is 11.3 Å². The Labute approximate surface area is 221 Å². The highest BCUT2D eigenvalue weighted by Crippen LogP contribution is 2.38. The molecule has 1 saturated heterocycles. The molecule has 0 saturated carbocycles. The van der Waals surface area contributed by atoms with E-state index in [0.717, 1.165) is 29.8 Å². The molecule has 0 unspecified atom stereocenters. The summed E-state index contributed by atoms with van der Waals surface area (Å²) in [5.74, 6) is -0.145. The number of nitrogens with one attached hydrogen (secondary N) is 1. The molecule has 0 bridgehead atoms. The molecule has 2 aromatic carbocycles. The Morgan fingerprint density at radius 1 is 1.08 bits per heavy atom. The zero-order valence-electron chi connectivity index (χ0n) is 21.3. The first-order valence-electron chi connectivity index (χ1n) is 12.9. The Morgan fingerprint density at radius 3 is 2.65 bits per heavy atom. The van der Waals surface area contributed by atoms with Crippen LogP contribution in [-0.4, -0.2) is 65.4 Å². The van der Waals surface area contributed by atoms with E-state index in [-0.39, 0.29) is 29.8 Å². The van der Waals surface area contributed by atoms with Gasteiger partial charge in [0.05, 0.1) is 6.04 Å². The van der Waals surface area contributed by atoms with Gasteiger partial charge in [0.15, 0.2) is 0 Å². The van der Waals surface area contributed by atoms with Gasteiger partial charge in [-0.1, -0.05) is 29.8 Å². The summed E-state index contributed by atoms with van der Waals surface area (Å²) in [4.78, 5) is 33.3. The molecular formula is C29H33FN4O2S. The van der Waals surface area contributed by atoms with Crippen LogP contribution in [0, 0.1) is 12.7 Å². The van der Waals surface area contributed by atoms with E-state index in [2.05, 4.69) is 21.7 Å². The molecule has 0 radical (unpaired) electrons. The number of aryl methyl sites for hydroxylation is 1.